The fourth-order valence-electron chi connectivity index (χ4n) is 2.19. The van der Waals surface area contributed by atoms with Crippen LogP contribution in [0.3, 0.4) is 0 Å². The lowest BCUT2D eigenvalue weighted by Gasteiger charge is -2.12. The van der Waals surface area contributed by atoms with Gasteiger partial charge in [-0.3, -0.25) is 4.68 Å². The first-order chi connectivity index (χ1) is 10.1. The normalized spacial score (nSPS) is 10.9. The van der Waals surface area contributed by atoms with Crippen LogP contribution < -0.4 is 10.5 Å². The van der Waals surface area contributed by atoms with E-state index < -0.39 is 0 Å². The Hall–Kier alpha value is -1.23. The zero-order valence-corrected chi connectivity index (χ0v) is 13.7. The molecular weight excluding hydrogens is 309 g/mol. The lowest BCUT2D eigenvalue weighted by atomic mass is 10.1. The summed E-state index contributed by atoms with van der Waals surface area (Å²) >= 11 is 12.3. The van der Waals surface area contributed by atoms with Gasteiger partial charge in [0, 0.05) is 11.6 Å². The summed E-state index contributed by atoms with van der Waals surface area (Å²) in [6.45, 7) is 5.58. The van der Waals surface area contributed by atoms with Crippen molar-refractivity contribution in [2.24, 2.45) is 5.73 Å². The third-order valence-electron chi connectivity index (χ3n) is 3.25. The van der Waals surface area contributed by atoms with E-state index in [1.807, 2.05) is 30.7 Å². The fourth-order valence-corrected chi connectivity index (χ4v) is 2.58. The lowest BCUT2D eigenvalue weighted by Crippen LogP contribution is -2.09. The Balaban J connectivity index is 2.20. The fraction of sp³-hybridized carbons (Fsp3) is 0.400. The van der Waals surface area contributed by atoms with E-state index in [1.165, 1.54) is 0 Å². The Bertz CT molecular complexity index is 626. The van der Waals surface area contributed by atoms with Crippen LogP contribution in [-0.4, -0.2) is 16.3 Å². The highest BCUT2D eigenvalue weighted by Gasteiger charge is 2.14. The maximum Gasteiger partial charge on any atom is 0.131 e. The minimum absolute atomic E-state index is 0.368. The van der Waals surface area contributed by atoms with Crippen molar-refractivity contribution in [3.8, 4) is 5.75 Å². The predicted molar refractivity (Wildman–Crippen MR) is 86.2 cm³/mol. The second-order valence-corrected chi connectivity index (χ2v) is 5.56. The first-order valence-electron chi connectivity index (χ1n) is 6.89. The molecule has 0 aliphatic heterocycles. The van der Waals surface area contributed by atoms with Crippen molar-refractivity contribution in [3.05, 3.63) is 45.2 Å². The van der Waals surface area contributed by atoms with Crippen molar-refractivity contribution in [2.75, 3.05) is 6.54 Å². The Labute approximate surface area is 134 Å². The van der Waals surface area contributed by atoms with Gasteiger partial charge in [-0.05, 0) is 50.6 Å². The van der Waals surface area contributed by atoms with Crippen LogP contribution in [0.5, 0.6) is 5.75 Å². The topological polar surface area (TPSA) is 53.1 Å². The highest BCUT2D eigenvalue weighted by molar-refractivity contribution is 6.31. The molecule has 0 amide bonds. The van der Waals surface area contributed by atoms with Crippen LogP contribution in [-0.2, 0) is 19.6 Å². The number of hydrogen-bond donors (Lipinski definition) is 1. The molecule has 6 heteroatoms. The molecule has 2 aromatic rings. The number of aromatic nitrogens is 2. The Morgan fingerprint density at radius 1 is 1.33 bits per heavy atom. The minimum atomic E-state index is 0.368. The van der Waals surface area contributed by atoms with E-state index in [-0.39, 0.29) is 0 Å². The second kappa shape index (κ2) is 7.16. The van der Waals surface area contributed by atoms with Crippen LogP contribution in [0.15, 0.2) is 18.2 Å². The zero-order chi connectivity index (χ0) is 15.4. The van der Waals surface area contributed by atoms with E-state index in [2.05, 4.69) is 5.10 Å². The lowest BCUT2D eigenvalue weighted by molar-refractivity contribution is 0.289. The van der Waals surface area contributed by atoms with Gasteiger partial charge in [-0.25, -0.2) is 0 Å². The van der Waals surface area contributed by atoms with E-state index in [9.17, 15) is 0 Å². The SMILES string of the molecule is CCn1nc(C)c(Cl)c1COc1ccc(Cl)cc1CCN. The number of halogens is 2. The first kappa shape index (κ1) is 16.1. The van der Waals surface area contributed by atoms with Gasteiger partial charge in [-0.15, -0.1) is 0 Å². The molecule has 0 aliphatic carbocycles. The van der Waals surface area contributed by atoms with Gasteiger partial charge >= 0.3 is 0 Å². The molecule has 0 bridgehead atoms. The van der Waals surface area contributed by atoms with Crippen molar-refractivity contribution in [3.63, 3.8) is 0 Å². The monoisotopic (exact) mass is 327 g/mol. The molecule has 0 aliphatic rings. The maximum absolute atomic E-state index is 6.28. The minimum Gasteiger partial charge on any atom is -0.487 e. The van der Waals surface area contributed by atoms with Crippen molar-refractivity contribution < 1.29 is 4.74 Å². The summed E-state index contributed by atoms with van der Waals surface area (Å²) < 4.78 is 7.77. The third kappa shape index (κ3) is 3.70. The van der Waals surface area contributed by atoms with Gasteiger partial charge in [0.1, 0.15) is 12.4 Å². The van der Waals surface area contributed by atoms with Crippen molar-refractivity contribution in [2.45, 2.75) is 33.4 Å². The van der Waals surface area contributed by atoms with Gasteiger partial charge < -0.3 is 10.5 Å². The van der Waals surface area contributed by atoms with Gasteiger partial charge in [0.05, 0.1) is 16.4 Å². The number of benzene rings is 1. The molecule has 0 radical (unpaired) electrons. The van der Waals surface area contributed by atoms with Gasteiger partial charge in [0.25, 0.3) is 0 Å². The molecule has 0 atom stereocenters. The highest BCUT2D eigenvalue weighted by Crippen LogP contribution is 2.26. The molecule has 114 valence electrons. The molecular formula is C15H19Cl2N3O. The van der Waals surface area contributed by atoms with Gasteiger partial charge in [0.15, 0.2) is 0 Å². The summed E-state index contributed by atoms with van der Waals surface area (Å²) in [7, 11) is 0. The second-order valence-electron chi connectivity index (χ2n) is 4.74. The predicted octanol–water partition coefficient (Wildman–Crippen LogP) is 3.60. The van der Waals surface area contributed by atoms with Gasteiger partial charge in [-0.2, -0.15) is 5.10 Å². The van der Waals surface area contributed by atoms with Crippen LogP contribution in [0.25, 0.3) is 0 Å². The first-order valence-corrected chi connectivity index (χ1v) is 7.65. The summed E-state index contributed by atoms with van der Waals surface area (Å²) in [5, 5.41) is 5.71. The molecule has 2 rings (SSSR count). The maximum atomic E-state index is 6.28. The Kier molecular flexibility index (Phi) is 5.51. The van der Waals surface area contributed by atoms with Crippen molar-refractivity contribution >= 4 is 23.2 Å². The van der Waals surface area contributed by atoms with Crippen LogP contribution in [0.2, 0.25) is 10.0 Å². The largest absolute Gasteiger partial charge is 0.487 e. The van der Waals surface area contributed by atoms with Gasteiger partial charge in [0.2, 0.25) is 0 Å². The van der Waals surface area contributed by atoms with Crippen LogP contribution in [0.1, 0.15) is 23.9 Å². The van der Waals surface area contributed by atoms with E-state index in [0.29, 0.717) is 23.2 Å². The van der Waals surface area contributed by atoms with E-state index in [0.717, 1.165) is 35.7 Å². The van der Waals surface area contributed by atoms with Crippen LogP contribution >= 0.6 is 23.2 Å². The van der Waals surface area contributed by atoms with Crippen molar-refractivity contribution in [1.29, 1.82) is 0 Å². The molecule has 1 aromatic carbocycles. The Morgan fingerprint density at radius 2 is 2.10 bits per heavy atom. The number of hydrogen-bond acceptors (Lipinski definition) is 3. The summed E-state index contributed by atoms with van der Waals surface area (Å²) in [4.78, 5) is 0. The van der Waals surface area contributed by atoms with E-state index in [1.54, 1.807) is 6.07 Å². The average Bonchev–Trinajstić information content (AvgIpc) is 2.74. The third-order valence-corrected chi connectivity index (χ3v) is 3.98. The molecule has 0 saturated carbocycles. The number of ether oxygens (including phenoxy) is 1. The summed E-state index contributed by atoms with van der Waals surface area (Å²) in [6.07, 6.45) is 0.718. The Morgan fingerprint density at radius 3 is 2.76 bits per heavy atom. The molecule has 0 unspecified atom stereocenters. The molecule has 0 fully saturated rings. The molecule has 1 heterocycles. The molecule has 4 nitrogen and oxygen atoms in total. The molecule has 0 saturated heterocycles. The summed E-state index contributed by atoms with van der Waals surface area (Å²) in [6, 6.07) is 5.55. The van der Waals surface area contributed by atoms with Crippen LogP contribution in [0, 0.1) is 6.92 Å². The number of nitrogens with zero attached hydrogens (tertiary/aromatic N) is 2. The quantitative estimate of drug-likeness (QED) is 0.881. The summed E-state index contributed by atoms with van der Waals surface area (Å²) in [5.74, 6) is 0.780. The van der Waals surface area contributed by atoms with Gasteiger partial charge in [-0.1, -0.05) is 23.2 Å². The molecule has 21 heavy (non-hydrogen) atoms. The molecule has 2 N–H and O–H groups in total. The number of rotatable bonds is 6. The van der Waals surface area contributed by atoms with Crippen molar-refractivity contribution in [1.82, 2.24) is 9.78 Å². The van der Waals surface area contributed by atoms with Crippen LogP contribution in [0.4, 0.5) is 0 Å². The molecule has 0 spiro atoms. The standard InChI is InChI=1S/C15H19Cl2N3O/c1-3-20-13(15(17)10(2)19-20)9-21-14-5-4-12(16)8-11(14)6-7-18/h4-5,8H,3,6-7,9,18H2,1-2H3. The summed E-state index contributed by atoms with van der Waals surface area (Å²) in [5.41, 5.74) is 8.32. The van der Waals surface area contributed by atoms with E-state index in [4.69, 9.17) is 33.7 Å². The zero-order valence-electron chi connectivity index (χ0n) is 12.2. The smallest absolute Gasteiger partial charge is 0.131 e. The van der Waals surface area contributed by atoms with E-state index >= 15 is 0 Å². The molecule has 1 aromatic heterocycles. The average molecular weight is 328 g/mol. The highest BCUT2D eigenvalue weighted by atomic mass is 35.5. The number of nitrogens with two attached hydrogens (primary N) is 1. The number of aryl methyl sites for hydroxylation is 2.